The van der Waals surface area contributed by atoms with Gasteiger partial charge in [0.2, 0.25) is 5.91 Å². The first-order valence-corrected chi connectivity index (χ1v) is 7.52. The zero-order chi connectivity index (χ0) is 15.8. The second kappa shape index (κ2) is 8.62. The molecule has 0 fully saturated rings. The molecule has 1 N–H and O–H groups in total. The molecule has 0 aliphatic heterocycles. The number of nitrogens with zero attached hydrogens (tertiary/aromatic N) is 2. The van der Waals surface area contributed by atoms with E-state index in [1.807, 2.05) is 26.8 Å². The van der Waals surface area contributed by atoms with Crippen molar-refractivity contribution in [1.82, 2.24) is 10.2 Å². The van der Waals surface area contributed by atoms with Crippen LogP contribution in [-0.4, -0.2) is 44.0 Å². The lowest BCUT2D eigenvalue weighted by molar-refractivity contribution is -0.129. The molecule has 0 bridgehead atoms. The van der Waals surface area contributed by atoms with Gasteiger partial charge in [0.25, 0.3) is 0 Å². The van der Waals surface area contributed by atoms with Crippen LogP contribution >= 0.6 is 0 Å². The Balaban J connectivity index is 2.90. The molecule has 5 heteroatoms. The molecule has 0 radical (unpaired) electrons. The minimum absolute atomic E-state index is 0.0140. The van der Waals surface area contributed by atoms with Gasteiger partial charge in [0.05, 0.1) is 12.2 Å². The number of benzene rings is 1. The van der Waals surface area contributed by atoms with Crippen LogP contribution in [0.4, 0.5) is 10.1 Å². The maximum atomic E-state index is 14.1. The van der Waals surface area contributed by atoms with E-state index in [9.17, 15) is 9.18 Å². The smallest absolute Gasteiger partial charge is 0.242 e. The van der Waals surface area contributed by atoms with Crippen molar-refractivity contribution in [1.29, 1.82) is 0 Å². The van der Waals surface area contributed by atoms with Crippen LogP contribution in [0.5, 0.6) is 0 Å². The van der Waals surface area contributed by atoms with E-state index in [1.54, 1.807) is 22.9 Å². The summed E-state index contributed by atoms with van der Waals surface area (Å²) in [7, 11) is 1.76. The Labute approximate surface area is 126 Å². The minimum atomic E-state index is -0.291. The Morgan fingerprint density at radius 2 is 1.90 bits per heavy atom. The van der Waals surface area contributed by atoms with Crippen molar-refractivity contribution in [2.45, 2.75) is 27.3 Å². The minimum Gasteiger partial charge on any atom is -0.363 e. The number of halogens is 1. The van der Waals surface area contributed by atoms with E-state index < -0.39 is 0 Å². The third-order valence-electron chi connectivity index (χ3n) is 3.51. The monoisotopic (exact) mass is 295 g/mol. The number of anilines is 1. The van der Waals surface area contributed by atoms with Gasteiger partial charge in [-0.05, 0) is 32.0 Å². The SMILES string of the molecule is CCNCc1cccc(F)c1N(C)CC(=O)N(CC)CC. The Kier molecular flexibility index (Phi) is 7.15. The summed E-state index contributed by atoms with van der Waals surface area (Å²) < 4.78 is 14.1. The second-order valence-electron chi connectivity index (χ2n) is 4.95. The number of amides is 1. The van der Waals surface area contributed by atoms with Gasteiger partial charge < -0.3 is 15.1 Å². The fourth-order valence-corrected chi connectivity index (χ4v) is 2.35. The number of para-hydroxylation sites is 1. The van der Waals surface area contributed by atoms with Gasteiger partial charge in [0.15, 0.2) is 0 Å². The number of hydrogen-bond acceptors (Lipinski definition) is 3. The van der Waals surface area contributed by atoms with E-state index in [0.717, 1.165) is 12.1 Å². The van der Waals surface area contributed by atoms with Gasteiger partial charge in [0, 0.05) is 26.7 Å². The lowest BCUT2D eigenvalue weighted by Gasteiger charge is -2.26. The zero-order valence-electron chi connectivity index (χ0n) is 13.4. The topological polar surface area (TPSA) is 35.6 Å². The molecule has 1 rings (SSSR count). The van der Waals surface area contributed by atoms with Gasteiger partial charge in [-0.1, -0.05) is 19.1 Å². The standard InChI is InChI=1S/C16H26FN3O/c1-5-18-11-13-9-8-10-14(17)16(13)19(4)12-15(21)20(6-2)7-3/h8-10,18H,5-7,11-12H2,1-4H3. The summed E-state index contributed by atoms with van der Waals surface area (Å²) in [5.74, 6) is -0.277. The van der Waals surface area contributed by atoms with Crippen LogP contribution in [0.25, 0.3) is 0 Å². The predicted octanol–water partition coefficient (Wildman–Crippen LogP) is 2.24. The summed E-state index contributed by atoms with van der Waals surface area (Å²) in [5.41, 5.74) is 1.37. The van der Waals surface area contributed by atoms with Gasteiger partial charge in [-0.3, -0.25) is 4.79 Å². The number of carbonyl (C=O) groups excluding carboxylic acids is 1. The van der Waals surface area contributed by atoms with E-state index in [1.165, 1.54) is 6.07 Å². The molecule has 4 nitrogen and oxygen atoms in total. The van der Waals surface area contributed by atoms with Crippen molar-refractivity contribution < 1.29 is 9.18 Å². The van der Waals surface area contributed by atoms with Crippen LogP contribution in [0.2, 0.25) is 0 Å². The van der Waals surface area contributed by atoms with Crippen molar-refractivity contribution in [2.75, 3.05) is 38.1 Å². The molecule has 0 atom stereocenters. The highest BCUT2D eigenvalue weighted by atomic mass is 19.1. The van der Waals surface area contributed by atoms with Gasteiger partial charge in [-0.25, -0.2) is 4.39 Å². The number of carbonyl (C=O) groups is 1. The highest BCUT2D eigenvalue weighted by Gasteiger charge is 2.17. The lowest BCUT2D eigenvalue weighted by atomic mass is 10.1. The Hall–Kier alpha value is -1.62. The number of nitrogens with one attached hydrogen (secondary N) is 1. The Bertz CT molecular complexity index is 461. The molecule has 0 aliphatic carbocycles. The molecular formula is C16H26FN3O. The van der Waals surface area contributed by atoms with Gasteiger partial charge in [-0.2, -0.15) is 0 Å². The van der Waals surface area contributed by atoms with E-state index in [2.05, 4.69) is 5.32 Å². The molecule has 0 spiro atoms. The van der Waals surface area contributed by atoms with E-state index in [0.29, 0.717) is 25.3 Å². The van der Waals surface area contributed by atoms with Crippen molar-refractivity contribution in [3.63, 3.8) is 0 Å². The molecule has 1 aromatic rings. The third kappa shape index (κ3) is 4.70. The maximum absolute atomic E-state index is 14.1. The molecule has 0 aliphatic rings. The summed E-state index contributed by atoms with van der Waals surface area (Å²) in [6.45, 7) is 8.83. The van der Waals surface area contributed by atoms with Crippen LogP contribution in [-0.2, 0) is 11.3 Å². The Morgan fingerprint density at radius 1 is 1.24 bits per heavy atom. The number of rotatable bonds is 8. The lowest BCUT2D eigenvalue weighted by Crippen LogP contribution is -2.39. The first kappa shape index (κ1) is 17.4. The zero-order valence-corrected chi connectivity index (χ0v) is 13.4. The average Bonchev–Trinajstić information content (AvgIpc) is 2.46. The van der Waals surface area contributed by atoms with E-state index in [-0.39, 0.29) is 18.3 Å². The molecule has 0 saturated heterocycles. The Morgan fingerprint density at radius 3 is 2.48 bits per heavy atom. The number of hydrogen-bond donors (Lipinski definition) is 1. The van der Waals surface area contributed by atoms with E-state index in [4.69, 9.17) is 0 Å². The second-order valence-corrected chi connectivity index (χ2v) is 4.95. The first-order valence-electron chi connectivity index (χ1n) is 7.52. The summed E-state index contributed by atoms with van der Waals surface area (Å²) >= 11 is 0. The molecule has 0 unspecified atom stereocenters. The van der Waals surface area contributed by atoms with Crippen molar-refractivity contribution in [3.05, 3.63) is 29.6 Å². The molecule has 21 heavy (non-hydrogen) atoms. The predicted molar refractivity (Wildman–Crippen MR) is 85.0 cm³/mol. The molecule has 1 amide bonds. The van der Waals surface area contributed by atoms with Crippen LogP contribution < -0.4 is 10.2 Å². The average molecular weight is 295 g/mol. The summed E-state index contributed by atoms with van der Waals surface area (Å²) in [5, 5.41) is 3.20. The fourth-order valence-electron chi connectivity index (χ4n) is 2.35. The van der Waals surface area contributed by atoms with Crippen molar-refractivity contribution in [2.24, 2.45) is 0 Å². The highest BCUT2D eigenvalue weighted by molar-refractivity contribution is 5.81. The normalized spacial score (nSPS) is 10.5. The molecule has 0 heterocycles. The fraction of sp³-hybridized carbons (Fsp3) is 0.562. The summed E-state index contributed by atoms with van der Waals surface area (Å²) in [6, 6.07) is 5.02. The maximum Gasteiger partial charge on any atom is 0.242 e. The molecule has 0 aromatic heterocycles. The van der Waals surface area contributed by atoms with Crippen LogP contribution in [0.1, 0.15) is 26.3 Å². The van der Waals surface area contributed by atoms with Gasteiger partial charge >= 0.3 is 0 Å². The summed E-state index contributed by atoms with van der Waals surface area (Å²) in [6.07, 6.45) is 0. The quantitative estimate of drug-likeness (QED) is 0.799. The molecule has 118 valence electrons. The van der Waals surface area contributed by atoms with Crippen LogP contribution in [0, 0.1) is 5.82 Å². The molecule has 1 aromatic carbocycles. The summed E-state index contributed by atoms with van der Waals surface area (Å²) in [4.78, 5) is 15.6. The van der Waals surface area contributed by atoms with Gasteiger partial charge in [-0.15, -0.1) is 0 Å². The third-order valence-corrected chi connectivity index (χ3v) is 3.51. The highest BCUT2D eigenvalue weighted by Crippen LogP contribution is 2.23. The largest absolute Gasteiger partial charge is 0.363 e. The molecular weight excluding hydrogens is 269 g/mol. The van der Waals surface area contributed by atoms with E-state index >= 15 is 0 Å². The van der Waals surface area contributed by atoms with Crippen LogP contribution in [0.15, 0.2) is 18.2 Å². The molecule has 0 saturated carbocycles. The van der Waals surface area contributed by atoms with Crippen LogP contribution in [0.3, 0.4) is 0 Å². The van der Waals surface area contributed by atoms with Gasteiger partial charge in [0.1, 0.15) is 5.82 Å². The number of likely N-dealkylation sites (N-methyl/N-ethyl adjacent to an activating group) is 2. The first-order chi connectivity index (χ1) is 10.0. The van der Waals surface area contributed by atoms with Crippen molar-refractivity contribution in [3.8, 4) is 0 Å². The van der Waals surface area contributed by atoms with Crippen molar-refractivity contribution >= 4 is 11.6 Å².